The van der Waals surface area contributed by atoms with Gasteiger partial charge in [-0.3, -0.25) is 0 Å². The number of carboxylic acid groups (broad SMARTS) is 1. The third-order valence-electron chi connectivity index (χ3n) is 3.55. The Balaban J connectivity index is 2.00. The van der Waals surface area contributed by atoms with Crippen LogP contribution in [0.3, 0.4) is 0 Å². The van der Waals surface area contributed by atoms with E-state index in [1.54, 1.807) is 29.5 Å². The minimum atomic E-state index is -0.902. The summed E-state index contributed by atoms with van der Waals surface area (Å²) in [4.78, 5) is 17.1. The number of thiophene rings is 1. The fourth-order valence-corrected chi connectivity index (χ4v) is 3.20. The van der Waals surface area contributed by atoms with Crippen molar-refractivity contribution in [1.82, 2.24) is 9.55 Å². The van der Waals surface area contributed by atoms with Gasteiger partial charge in [0.15, 0.2) is 0 Å². The van der Waals surface area contributed by atoms with Crippen LogP contribution in [0.4, 0.5) is 0 Å². The molecule has 0 saturated heterocycles. The maximum Gasteiger partial charge on any atom is 0.335 e. The van der Waals surface area contributed by atoms with Gasteiger partial charge in [0.1, 0.15) is 5.82 Å². The molecule has 2 heterocycles. The molecule has 0 amide bonds. The van der Waals surface area contributed by atoms with Crippen molar-refractivity contribution in [1.29, 1.82) is 0 Å². The van der Waals surface area contributed by atoms with Crippen LogP contribution in [-0.4, -0.2) is 20.6 Å². The quantitative estimate of drug-likeness (QED) is 0.783. The summed E-state index contributed by atoms with van der Waals surface area (Å²) in [5, 5.41) is 11.2. The molecule has 0 spiro atoms. The van der Waals surface area contributed by atoms with Crippen molar-refractivity contribution >= 4 is 28.3 Å². The van der Waals surface area contributed by atoms with Gasteiger partial charge in [0.25, 0.3) is 0 Å². The number of hydrogen-bond acceptors (Lipinski definition) is 3. The highest BCUT2D eigenvalue weighted by atomic mass is 32.1. The molecule has 108 valence electrons. The molecule has 1 aromatic carbocycles. The van der Waals surface area contributed by atoms with Crippen LogP contribution in [0, 0.1) is 0 Å². The van der Waals surface area contributed by atoms with Crippen LogP contribution in [-0.2, 0) is 19.4 Å². The van der Waals surface area contributed by atoms with Crippen LogP contribution < -0.4 is 0 Å². The van der Waals surface area contributed by atoms with Gasteiger partial charge in [-0.2, -0.15) is 0 Å². The topological polar surface area (TPSA) is 55.1 Å². The largest absolute Gasteiger partial charge is 0.478 e. The van der Waals surface area contributed by atoms with Crippen LogP contribution in [0.25, 0.3) is 11.0 Å². The lowest BCUT2D eigenvalue weighted by Crippen LogP contribution is -2.05. The van der Waals surface area contributed by atoms with E-state index in [-0.39, 0.29) is 0 Å². The Hall–Kier alpha value is -2.14. The fourth-order valence-electron chi connectivity index (χ4n) is 2.50. The van der Waals surface area contributed by atoms with Gasteiger partial charge in [-0.1, -0.05) is 13.0 Å². The van der Waals surface area contributed by atoms with E-state index in [4.69, 9.17) is 5.11 Å². The summed E-state index contributed by atoms with van der Waals surface area (Å²) in [6.07, 6.45) is 1.77. The number of carbonyl (C=O) groups is 1. The standard InChI is InChI=1S/C16H16N2O2S/c1-2-15-17-13-6-5-11(16(19)20)10-14(13)18(15)8-7-12-4-3-9-21-12/h3-6,9-10H,2,7-8H2,1H3,(H,19,20). The molecule has 1 N–H and O–H groups in total. The van der Waals surface area contributed by atoms with E-state index >= 15 is 0 Å². The summed E-state index contributed by atoms with van der Waals surface area (Å²) in [7, 11) is 0. The van der Waals surface area contributed by atoms with E-state index in [2.05, 4.69) is 34.0 Å². The van der Waals surface area contributed by atoms with E-state index in [1.165, 1.54) is 4.88 Å². The van der Waals surface area contributed by atoms with E-state index in [0.29, 0.717) is 5.56 Å². The number of aromatic nitrogens is 2. The molecule has 0 unspecified atom stereocenters. The summed E-state index contributed by atoms with van der Waals surface area (Å²) in [5.74, 6) is 0.102. The molecule has 0 aliphatic carbocycles. The number of aryl methyl sites for hydroxylation is 3. The number of nitrogens with zero attached hydrogens (tertiary/aromatic N) is 2. The van der Waals surface area contributed by atoms with Gasteiger partial charge in [-0.15, -0.1) is 11.3 Å². The molecule has 0 atom stereocenters. The Kier molecular flexibility index (Phi) is 3.75. The van der Waals surface area contributed by atoms with Crippen molar-refractivity contribution in [2.24, 2.45) is 0 Å². The molecule has 0 bridgehead atoms. The van der Waals surface area contributed by atoms with Crippen LogP contribution in [0.2, 0.25) is 0 Å². The molecule has 21 heavy (non-hydrogen) atoms. The second-order valence-electron chi connectivity index (χ2n) is 4.87. The lowest BCUT2D eigenvalue weighted by Gasteiger charge is -2.07. The first-order valence-electron chi connectivity index (χ1n) is 6.94. The highest BCUT2D eigenvalue weighted by Gasteiger charge is 2.12. The lowest BCUT2D eigenvalue weighted by atomic mass is 10.2. The molecule has 3 rings (SSSR count). The Labute approximate surface area is 126 Å². The third-order valence-corrected chi connectivity index (χ3v) is 4.49. The van der Waals surface area contributed by atoms with Crippen LogP contribution in [0.5, 0.6) is 0 Å². The summed E-state index contributed by atoms with van der Waals surface area (Å²) < 4.78 is 2.14. The minimum Gasteiger partial charge on any atom is -0.478 e. The summed E-state index contributed by atoms with van der Waals surface area (Å²) in [6, 6.07) is 9.30. The first kappa shape index (κ1) is 13.8. The fraction of sp³-hybridized carbons (Fsp3) is 0.250. The number of fused-ring (bicyclic) bond motifs is 1. The Morgan fingerprint density at radius 2 is 2.24 bits per heavy atom. The number of carboxylic acids is 1. The van der Waals surface area contributed by atoms with Gasteiger partial charge in [0.05, 0.1) is 16.6 Å². The van der Waals surface area contributed by atoms with E-state index in [9.17, 15) is 4.79 Å². The Morgan fingerprint density at radius 1 is 1.38 bits per heavy atom. The van der Waals surface area contributed by atoms with Gasteiger partial charge in [0.2, 0.25) is 0 Å². The molecular formula is C16H16N2O2S. The van der Waals surface area contributed by atoms with Crippen molar-refractivity contribution in [3.05, 3.63) is 52.0 Å². The Morgan fingerprint density at radius 3 is 2.90 bits per heavy atom. The van der Waals surface area contributed by atoms with Crippen molar-refractivity contribution in [2.75, 3.05) is 0 Å². The first-order chi connectivity index (χ1) is 10.2. The maximum absolute atomic E-state index is 11.1. The minimum absolute atomic E-state index is 0.308. The van der Waals surface area contributed by atoms with Crippen LogP contribution in [0.1, 0.15) is 28.0 Å². The van der Waals surface area contributed by atoms with Gasteiger partial charge in [-0.25, -0.2) is 9.78 Å². The van der Waals surface area contributed by atoms with Crippen LogP contribution in [0.15, 0.2) is 35.7 Å². The molecule has 0 aliphatic rings. The zero-order valence-corrected chi connectivity index (χ0v) is 12.6. The van der Waals surface area contributed by atoms with E-state index in [0.717, 1.165) is 36.2 Å². The summed E-state index contributed by atoms with van der Waals surface area (Å²) >= 11 is 1.74. The molecule has 0 aliphatic heterocycles. The van der Waals surface area contributed by atoms with Gasteiger partial charge < -0.3 is 9.67 Å². The van der Waals surface area contributed by atoms with Crippen molar-refractivity contribution in [2.45, 2.75) is 26.3 Å². The van der Waals surface area contributed by atoms with Gasteiger partial charge in [0, 0.05) is 17.8 Å². The normalized spacial score (nSPS) is 11.1. The highest BCUT2D eigenvalue weighted by Crippen LogP contribution is 2.20. The molecule has 0 radical (unpaired) electrons. The smallest absolute Gasteiger partial charge is 0.335 e. The molecule has 2 aromatic heterocycles. The monoisotopic (exact) mass is 300 g/mol. The second-order valence-corrected chi connectivity index (χ2v) is 5.90. The predicted molar refractivity (Wildman–Crippen MR) is 84.1 cm³/mol. The number of benzene rings is 1. The number of hydrogen-bond donors (Lipinski definition) is 1. The Bertz CT molecular complexity index is 775. The SMILES string of the molecule is CCc1nc2ccc(C(=O)O)cc2n1CCc1cccs1. The average molecular weight is 300 g/mol. The summed E-state index contributed by atoms with van der Waals surface area (Å²) in [6.45, 7) is 2.89. The zero-order chi connectivity index (χ0) is 14.8. The highest BCUT2D eigenvalue weighted by molar-refractivity contribution is 7.09. The second kappa shape index (κ2) is 5.69. The molecular weight excluding hydrogens is 284 g/mol. The van der Waals surface area contributed by atoms with E-state index < -0.39 is 5.97 Å². The zero-order valence-electron chi connectivity index (χ0n) is 11.7. The molecule has 3 aromatic rings. The van der Waals surface area contributed by atoms with Gasteiger partial charge >= 0.3 is 5.97 Å². The average Bonchev–Trinajstić information content (AvgIpc) is 3.11. The van der Waals surface area contributed by atoms with Crippen LogP contribution >= 0.6 is 11.3 Å². The number of aromatic carboxylic acids is 1. The number of imidazole rings is 1. The molecule has 4 nitrogen and oxygen atoms in total. The maximum atomic E-state index is 11.1. The first-order valence-corrected chi connectivity index (χ1v) is 7.82. The molecule has 5 heteroatoms. The lowest BCUT2D eigenvalue weighted by molar-refractivity contribution is 0.0697. The molecule has 0 saturated carbocycles. The summed E-state index contributed by atoms with van der Waals surface area (Å²) in [5.41, 5.74) is 2.08. The number of rotatable bonds is 5. The predicted octanol–water partition coefficient (Wildman–Crippen LogP) is 3.60. The van der Waals surface area contributed by atoms with Crippen molar-refractivity contribution < 1.29 is 9.90 Å². The van der Waals surface area contributed by atoms with Gasteiger partial charge in [-0.05, 0) is 36.1 Å². The van der Waals surface area contributed by atoms with Crippen molar-refractivity contribution in [3.63, 3.8) is 0 Å². The molecule has 0 fully saturated rings. The third kappa shape index (κ3) is 2.69. The van der Waals surface area contributed by atoms with E-state index in [1.807, 2.05) is 0 Å². The van der Waals surface area contributed by atoms with Crippen molar-refractivity contribution in [3.8, 4) is 0 Å².